The van der Waals surface area contributed by atoms with E-state index in [4.69, 9.17) is 96.8 Å². The average molecular weight is 1040 g/mol. The highest BCUT2D eigenvalue weighted by Crippen LogP contribution is 2.30. The highest BCUT2D eigenvalue weighted by atomic mass is 16.3. The summed E-state index contributed by atoms with van der Waals surface area (Å²) in [6.07, 6.45) is 0. The zero-order valence-corrected chi connectivity index (χ0v) is 46.2. The number of hydrogen-bond donors (Lipinski definition) is 17. The second-order valence-corrected chi connectivity index (χ2v) is 18.2. The largest absolute Gasteiger partial charge is 0.506 e. The molecule has 0 fully saturated rings. The van der Waals surface area contributed by atoms with Crippen molar-refractivity contribution in [2.45, 2.75) is 76.2 Å². The number of hydrogen-bond acceptors (Lipinski definition) is 17. The maximum atomic E-state index is 8.86. The zero-order chi connectivity index (χ0) is 58.3. The fourth-order valence-corrected chi connectivity index (χ4v) is 6.27. The number of rotatable bonds is 0. The molecule has 0 saturated carbocycles. The minimum absolute atomic E-state index is 0.0733. The first-order valence-corrected chi connectivity index (χ1v) is 23.9. The fourth-order valence-electron chi connectivity index (χ4n) is 6.27. The number of benzene rings is 8. The highest BCUT2D eigenvalue weighted by Gasteiger charge is 2.09. The molecule has 0 heterocycles. The Balaban J connectivity index is 0.000000435. The zero-order valence-electron chi connectivity index (χ0n) is 46.2. The van der Waals surface area contributed by atoms with Gasteiger partial charge in [0.05, 0.1) is 5.69 Å². The van der Waals surface area contributed by atoms with E-state index in [1.165, 1.54) is 12.1 Å². The van der Waals surface area contributed by atoms with Crippen molar-refractivity contribution >= 4 is 91.0 Å². The van der Waals surface area contributed by atoms with Gasteiger partial charge in [0.25, 0.3) is 0 Å². The molecule has 0 aliphatic rings. The second-order valence-electron chi connectivity index (χ2n) is 18.2. The van der Waals surface area contributed by atoms with Gasteiger partial charge in [-0.25, -0.2) is 0 Å². The van der Waals surface area contributed by atoms with Crippen LogP contribution >= 0.6 is 0 Å². The third kappa shape index (κ3) is 21.2. The Labute approximate surface area is 450 Å². The molecule has 0 radical (unpaired) electrons. The first kappa shape index (κ1) is 64.4. The number of anilines is 16. The van der Waals surface area contributed by atoms with Crippen molar-refractivity contribution in [3.05, 3.63) is 183 Å². The van der Waals surface area contributed by atoms with Crippen LogP contribution in [0.25, 0.3) is 0 Å². The smallest absolute Gasteiger partial charge is 0.138 e. The monoisotopic (exact) mass is 1030 g/mol. The van der Waals surface area contributed by atoms with Crippen molar-refractivity contribution in [3.63, 3.8) is 0 Å². The van der Waals surface area contributed by atoms with E-state index in [9.17, 15) is 0 Å². The summed E-state index contributed by atoms with van der Waals surface area (Å²) in [5, 5.41) is 8.86. The molecule has 33 N–H and O–H groups in total. The molecular formula is C59H86N16O. The van der Waals surface area contributed by atoms with Gasteiger partial charge in [-0.2, -0.15) is 0 Å². The normalized spacial score (nSPS) is 9.62. The van der Waals surface area contributed by atoms with Gasteiger partial charge in [0.2, 0.25) is 0 Å². The van der Waals surface area contributed by atoms with Crippen LogP contribution in [0.4, 0.5) is 91.0 Å². The molecule has 0 bridgehead atoms. The van der Waals surface area contributed by atoms with E-state index in [1.807, 2.05) is 149 Å². The standard InChI is InChI=1S/C10H16N2.2C8H12N2.3C7H10N2.C6H8N2O.C6H8N2/c1-5-6(2)10(12)8(4)7(3)9(5)11;1-5-3-8(10)6(2)4-7(5)9;1-5-3-4-7(9)6(2)8(5)10;1-5-4-6(8)2-3-7(5)9;1-5-2-3-6(8)4-7(5)9;1-5-6(8)3-2-4-7(5)9;7-4-1-2-6(9)5(8)3-4;7-5-2-1-3-6(8)4-5/h11-12H2,1-4H3;2*3-4H,9-10H2,1-2H3;3*2-4H,8-9H2,1H3;1-3,9H,7-8H2;1-4H,7-8H2. The number of aromatic hydroxyl groups is 1. The predicted octanol–water partition coefficient (Wildman–Crippen LogP) is 9.91. The molecule has 76 heavy (non-hydrogen) atoms. The van der Waals surface area contributed by atoms with E-state index < -0.39 is 0 Å². The van der Waals surface area contributed by atoms with Gasteiger partial charge in [0.15, 0.2) is 0 Å². The number of nitrogens with two attached hydrogens (primary N) is 16. The number of aryl methyl sites for hydroxylation is 5. The summed E-state index contributed by atoms with van der Waals surface area (Å²) in [5.41, 5.74) is 112. The van der Waals surface area contributed by atoms with E-state index in [0.29, 0.717) is 22.7 Å². The van der Waals surface area contributed by atoms with Crippen LogP contribution in [-0.2, 0) is 0 Å². The second kappa shape index (κ2) is 30.4. The molecule has 0 saturated heterocycles. The summed E-state index contributed by atoms with van der Waals surface area (Å²) in [5.74, 6) is 0.0733. The lowest BCUT2D eigenvalue weighted by molar-refractivity contribution is 0.478. The summed E-state index contributed by atoms with van der Waals surface area (Å²) in [6, 6.07) is 35.8. The molecule has 8 rings (SSSR count). The van der Waals surface area contributed by atoms with E-state index in [-0.39, 0.29) is 5.75 Å². The van der Waals surface area contributed by atoms with E-state index in [0.717, 1.165) is 129 Å². The van der Waals surface area contributed by atoms with E-state index >= 15 is 0 Å². The van der Waals surface area contributed by atoms with Gasteiger partial charge in [-0.15, -0.1) is 0 Å². The van der Waals surface area contributed by atoms with Gasteiger partial charge in [0.1, 0.15) is 5.75 Å². The fraction of sp³-hybridized carbons (Fsp3) is 0.186. The molecule has 0 unspecified atom stereocenters. The molecular weight excluding hydrogens is 949 g/mol. The summed E-state index contributed by atoms with van der Waals surface area (Å²) in [6.45, 7) is 21.6. The number of phenols is 1. The molecule has 0 spiro atoms. The Morgan fingerprint density at radius 3 is 0.895 bits per heavy atom. The maximum absolute atomic E-state index is 8.86. The summed E-state index contributed by atoms with van der Waals surface area (Å²) in [4.78, 5) is 0. The van der Waals surface area contributed by atoms with Crippen LogP contribution in [-0.4, -0.2) is 5.11 Å². The average Bonchev–Trinajstić information content (AvgIpc) is 3.36. The molecule has 8 aromatic carbocycles. The Morgan fingerprint density at radius 1 is 0.224 bits per heavy atom. The predicted molar refractivity (Wildman–Crippen MR) is 336 cm³/mol. The van der Waals surface area contributed by atoms with Crippen LogP contribution in [0.2, 0.25) is 0 Å². The Kier molecular flexibility index (Phi) is 25.8. The first-order valence-electron chi connectivity index (χ1n) is 23.9. The van der Waals surface area contributed by atoms with Crippen LogP contribution in [0.15, 0.2) is 121 Å². The topological polar surface area (TPSA) is 437 Å². The minimum atomic E-state index is 0.0733. The lowest BCUT2D eigenvalue weighted by Crippen LogP contribution is -2.04. The van der Waals surface area contributed by atoms with Gasteiger partial charge in [0, 0.05) is 85.3 Å². The van der Waals surface area contributed by atoms with Crippen molar-refractivity contribution in [1.82, 2.24) is 0 Å². The molecule has 8 aromatic rings. The highest BCUT2D eigenvalue weighted by molar-refractivity contribution is 5.70. The van der Waals surface area contributed by atoms with Crippen molar-refractivity contribution < 1.29 is 5.11 Å². The maximum Gasteiger partial charge on any atom is 0.138 e. The first-order chi connectivity index (χ1) is 35.3. The SMILES string of the molecule is Cc1c(C)c(N)c(C)c(C)c1N.Cc1c(N)cccc1N.Cc1cc(N)c(C)cc1N.Cc1cc(N)ccc1N.Cc1ccc(N)c(C)c1N.Cc1ccc(N)cc1N.Nc1ccc(O)c(N)c1.Nc1cccc(N)c1. The summed E-state index contributed by atoms with van der Waals surface area (Å²) >= 11 is 0. The quantitative estimate of drug-likeness (QED) is 0.0381. The molecule has 408 valence electrons. The molecule has 0 aliphatic heterocycles. The van der Waals surface area contributed by atoms with Crippen LogP contribution in [0, 0.1) is 76.2 Å². The van der Waals surface area contributed by atoms with E-state index in [2.05, 4.69) is 0 Å². The molecule has 0 aliphatic carbocycles. The third-order valence-electron chi connectivity index (χ3n) is 12.1. The lowest BCUT2D eigenvalue weighted by atomic mass is 9.97. The van der Waals surface area contributed by atoms with Crippen LogP contribution in [0.3, 0.4) is 0 Å². The van der Waals surface area contributed by atoms with Crippen molar-refractivity contribution in [2.75, 3.05) is 91.7 Å². The third-order valence-corrected chi connectivity index (χ3v) is 12.1. The van der Waals surface area contributed by atoms with E-state index in [1.54, 1.807) is 36.4 Å². The van der Waals surface area contributed by atoms with Crippen molar-refractivity contribution in [3.8, 4) is 5.75 Å². The Morgan fingerprint density at radius 2 is 0.553 bits per heavy atom. The van der Waals surface area contributed by atoms with Gasteiger partial charge >= 0.3 is 0 Å². The lowest BCUT2D eigenvalue weighted by Gasteiger charge is -2.14. The Bertz CT molecular complexity index is 2820. The van der Waals surface area contributed by atoms with Crippen LogP contribution < -0.4 is 91.7 Å². The van der Waals surface area contributed by atoms with Gasteiger partial charge in [-0.05, 0) is 234 Å². The molecule has 0 amide bonds. The van der Waals surface area contributed by atoms with Gasteiger partial charge in [-0.3, -0.25) is 0 Å². The molecule has 0 aromatic heterocycles. The molecule has 0 atom stereocenters. The number of nitrogen functional groups attached to an aromatic ring is 16. The minimum Gasteiger partial charge on any atom is -0.506 e. The summed E-state index contributed by atoms with van der Waals surface area (Å²) in [7, 11) is 0. The van der Waals surface area contributed by atoms with Gasteiger partial charge in [-0.1, -0.05) is 24.3 Å². The Hall–Kier alpha value is -9.64. The summed E-state index contributed by atoms with van der Waals surface area (Å²) < 4.78 is 0. The van der Waals surface area contributed by atoms with Crippen molar-refractivity contribution in [1.29, 1.82) is 0 Å². The molecule has 17 heteroatoms. The van der Waals surface area contributed by atoms with Crippen molar-refractivity contribution in [2.24, 2.45) is 0 Å². The van der Waals surface area contributed by atoms with Crippen LogP contribution in [0.1, 0.15) is 61.2 Å². The van der Waals surface area contributed by atoms with Gasteiger partial charge < -0.3 is 96.8 Å². The number of phenolic OH excluding ortho intramolecular Hbond substituents is 1. The van der Waals surface area contributed by atoms with Crippen LogP contribution in [0.5, 0.6) is 5.75 Å². The molecule has 17 nitrogen and oxygen atoms in total.